The maximum Gasteiger partial charge on any atom is 0.233 e. The van der Waals surface area contributed by atoms with Gasteiger partial charge in [-0.3, -0.25) is 14.3 Å². The van der Waals surface area contributed by atoms with Crippen molar-refractivity contribution in [2.24, 2.45) is 0 Å². The van der Waals surface area contributed by atoms with Crippen molar-refractivity contribution in [1.29, 1.82) is 0 Å². The third-order valence-corrected chi connectivity index (χ3v) is 9.11. The quantitative estimate of drug-likeness (QED) is 0.585. The summed E-state index contributed by atoms with van der Waals surface area (Å²) < 4.78 is 26.2. The van der Waals surface area contributed by atoms with E-state index in [0.717, 1.165) is 55.1 Å². The van der Waals surface area contributed by atoms with E-state index in [1.165, 1.54) is 11.8 Å². The summed E-state index contributed by atoms with van der Waals surface area (Å²) in [5.41, 5.74) is 0.920. The summed E-state index contributed by atoms with van der Waals surface area (Å²) in [6, 6.07) is 4.20. The van der Waals surface area contributed by atoms with E-state index in [2.05, 4.69) is 19.7 Å². The molecule has 3 heterocycles. The Bertz CT molecular complexity index is 1050. The van der Waals surface area contributed by atoms with Crippen LogP contribution >= 0.6 is 11.8 Å². The molecule has 2 aromatic rings. The largest absolute Gasteiger partial charge is 0.335 e. The number of hydrogen-bond donors (Lipinski definition) is 0. The number of hydrogen-bond acceptors (Lipinski definition) is 7. The molecule has 0 aromatic carbocycles. The molecule has 2 saturated carbocycles. The van der Waals surface area contributed by atoms with Crippen molar-refractivity contribution in [2.45, 2.75) is 68.2 Å². The first-order valence-electron chi connectivity index (χ1n) is 11.0. The molecule has 1 saturated heterocycles. The number of rotatable bonds is 7. The predicted octanol–water partition coefficient (Wildman–Crippen LogP) is 2.73. The van der Waals surface area contributed by atoms with Gasteiger partial charge in [0.15, 0.2) is 20.8 Å². The lowest BCUT2D eigenvalue weighted by Crippen LogP contribution is -2.47. The molecule has 166 valence electrons. The molecular formula is C21H27N5O3S2. The highest BCUT2D eigenvalue weighted by atomic mass is 32.2. The molecule has 0 N–H and O–H groups in total. The molecule has 0 radical (unpaired) electrons. The molecule has 2 aromatic heterocycles. The van der Waals surface area contributed by atoms with Crippen LogP contribution in [0, 0.1) is 0 Å². The molecule has 3 fully saturated rings. The summed E-state index contributed by atoms with van der Waals surface area (Å²) in [7, 11) is -3.04. The van der Waals surface area contributed by atoms with Crippen molar-refractivity contribution < 1.29 is 13.2 Å². The number of aromatic nitrogens is 4. The van der Waals surface area contributed by atoms with Crippen molar-refractivity contribution in [3.05, 3.63) is 24.5 Å². The molecule has 1 unspecified atom stereocenters. The average Bonchev–Trinajstić information content (AvgIpc) is 3.14. The monoisotopic (exact) mass is 461 g/mol. The first kappa shape index (κ1) is 20.9. The van der Waals surface area contributed by atoms with Crippen LogP contribution in [0.1, 0.15) is 51.0 Å². The van der Waals surface area contributed by atoms with E-state index < -0.39 is 9.84 Å². The number of nitrogens with zero attached hydrogens (tertiary/aromatic N) is 5. The number of amides is 1. The molecule has 1 atom stereocenters. The summed E-state index contributed by atoms with van der Waals surface area (Å²) >= 11 is 1.41. The molecule has 10 heteroatoms. The fourth-order valence-electron chi connectivity index (χ4n) is 4.81. The van der Waals surface area contributed by atoms with Gasteiger partial charge in [0.1, 0.15) is 0 Å². The van der Waals surface area contributed by atoms with Crippen molar-refractivity contribution >= 4 is 27.5 Å². The second-order valence-corrected chi connectivity index (χ2v) is 11.9. The molecule has 1 aliphatic heterocycles. The molecule has 8 nitrogen and oxygen atoms in total. The lowest BCUT2D eigenvalue weighted by atomic mass is 10.1. The highest BCUT2D eigenvalue weighted by Gasteiger charge is 2.39. The SMILES string of the molecule is O=C(CSc1nnc(-c2cccnc2)n1C1CC1)N(C1CCCC1)C1CCS(=O)(=O)C1. The molecule has 2 aliphatic carbocycles. The van der Waals surface area contributed by atoms with E-state index in [9.17, 15) is 13.2 Å². The second-order valence-electron chi connectivity index (χ2n) is 8.73. The van der Waals surface area contributed by atoms with E-state index in [1.807, 2.05) is 17.0 Å². The molecule has 1 amide bonds. The molecular weight excluding hydrogens is 434 g/mol. The van der Waals surface area contributed by atoms with E-state index >= 15 is 0 Å². The normalized spacial score (nSPS) is 23.3. The molecule has 0 bridgehead atoms. The van der Waals surface area contributed by atoms with Gasteiger partial charge in [-0.25, -0.2) is 8.42 Å². The first-order valence-corrected chi connectivity index (χ1v) is 13.8. The third-order valence-electron chi connectivity index (χ3n) is 6.43. The van der Waals surface area contributed by atoms with Gasteiger partial charge < -0.3 is 4.90 Å². The fourth-order valence-corrected chi connectivity index (χ4v) is 7.40. The zero-order valence-corrected chi connectivity index (χ0v) is 19.0. The summed E-state index contributed by atoms with van der Waals surface area (Å²) in [5.74, 6) is 1.35. The van der Waals surface area contributed by atoms with E-state index in [4.69, 9.17) is 0 Å². The second kappa shape index (κ2) is 8.54. The van der Waals surface area contributed by atoms with Crippen LogP contribution in [0.2, 0.25) is 0 Å². The summed E-state index contributed by atoms with van der Waals surface area (Å²) in [6.07, 6.45) is 10.4. The molecule has 5 rings (SSSR count). The van der Waals surface area contributed by atoms with E-state index in [-0.39, 0.29) is 35.2 Å². The smallest absolute Gasteiger partial charge is 0.233 e. The Morgan fingerprint density at radius 2 is 1.94 bits per heavy atom. The van der Waals surface area contributed by atoms with Crippen molar-refractivity contribution in [3.63, 3.8) is 0 Å². The standard InChI is InChI=1S/C21H27N5O3S2/c27-19(25(16-5-1-2-6-16)18-9-11-31(28,29)14-18)13-30-21-24-23-20(26(21)17-7-8-17)15-4-3-10-22-12-15/h3-4,10,12,16-18H,1-2,5-9,11,13-14H2. The lowest BCUT2D eigenvalue weighted by molar-refractivity contribution is -0.132. The van der Waals surface area contributed by atoms with Crippen LogP contribution in [0.5, 0.6) is 0 Å². The topological polar surface area (TPSA) is 98.1 Å². The maximum atomic E-state index is 13.3. The van der Waals surface area contributed by atoms with Crippen LogP contribution < -0.4 is 0 Å². The number of carbonyl (C=O) groups excluding carboxylic acids is 1. The number of sulfone groups is 1. The average molecular weight is 462 g/mol. The molecule has 0 spiro atoms. The maximum absolute atomic E-state index is 13.3. The summed E-state index contributed by atoms with van der Waals surface area (Å²) in [5, 5.41) is 9.53. The molecule has 3 aliphatic rings. The van der Waals surface area contributed by atoms with E-state index in [1.54, 1.807) is 12.4 Å². The highest BCUT2D eigenvalue weighted by Crippen LogP contribution is 2.41. The van der Waals surface area contributed by atoms with Crippen molar-refractivity contribution in [3.8, 4) is 11.4 Å². The Morgan fingerprint density at radius 3 is 2.58 bits per heavy atom. The Hall–Kier alpha value is -1.94. The molecule has 31 heavy (non-hydrogen) atoms. The fraction of sp³-hybridized carbons (Fsp3) is 0.619. The van der Waals surface area contributed by atoms with Gasteiger partial charge in [0, 0.05) is 36.1 Å². The van der Waals surface area contributed by atoms with Gasteiger partial charge in [-0.1, -0.05) is 24.6 Å². The van der Waals surface area contributed by atoms with Crippen LogP contribution in [-0.4, -0.2) is 68.3 Å². The van der Waals surface area contributed by atoms with Crippen LogP contribution in [-0.2, 0) is 14.6 Å². The van der Waals surface area contributed by atoms with Gasteiger partial charge in [0.05, 0.1) is 17.3 Å². The lowest BCUT2D eigenvalue weighted by Gasteiger charge is -2.34. The minimum Gasteiger partial charge on any atom is -0.335 e. The van der Waals surface area contributed by atoms with Crippen LogP contribution in [0.4, 0.5) is 0 Å². The zero-order valence-electron chi connectivity index (χ0n) is 17.4. The first-order chi connectivity index (χ1) is 15.0. The number of thioether (sulfide) groups is 1. The number of carbonyl (C=O) groups is 1. The Balaban J connectivity index is 1.34. The van der Waals surface area contributed by atoms with Crippen molar-refractivity contribution in [2.75, 3.05) is 17.3 Å². The zero-order chi connectivity index (χ0) is 21.4. The van der Waals surface area contributed by atoms with Crippen LogP contribution in [0.15, 0.2) is 29.7 Å². The Labute approximate surface area is 186 Å². The van der Waals surface area contributed by atoms with Gasteiger partial charge in [0.2, 0.25) is 5.91 Å². The van der Waals surface area contributed by atoms with Gasteiger partial charge in [-0.2, -0.15) is 0 Å². The predicted molar refractivity (Wildman–Crippen MR) is 118 cm³/mol. The van der Waals surface area contributed by atoms with Crippen LogP contribution in [0.25, 0.3) is 11.4 Å². The highest BCUT2D eigenvalue weighted by molar-refractivity contribution is 7.99. The van der Waals surface area contributed by atoms with Gasteiger partial charge in [0.25, 0.3) is 0 Å². The van der Waals surface area contributed by atoms with Gasteiger partial charge >= 0.3 is 0 Å². The summed E-state index contributed by atoms with van der Waals surface area (Å²) in [6.45, 7) is 0. The Kier molecular flexibility index (Phi) is 5.76. The van der Waals surface area contributed by atoms with Crippen molar-refractivity contribution in [1.82, 2.24) is 24.6 Å². The van der Waals surface area contributed by atoms with Gasteiger partial charge in [-0.15, -0.1) is 10.2 Å². The summed E-state index contributed by atoms with van der Waals surface area (Å²) in [4.78, 5) is 19.4. The third kappa shape index (κ3) is 4.50. The van der Waals surface area contributed by atoms with Crippen LogP contribution in [0.3, 0.4) is 0 Å². The van der Waals surface area contributed by atoms with E-state index in [0.29, 0.717) is 12.5 Å². The van der Waals surface area contributed by atoms with Gasteiger partial charge in [-0.05, 0) is 44.2 Å². The number of pyridine rings is 1. The minimum absolute atomic E-state index is 0.0206. The Morgan fingerprint density at radius 1 is 1.13 bits per heavy atom. The minimum atomic E-state index is -3.04.